The van der Waals surface area contributed by atoms with Crippen LogP contribution in [0.25, 0.3) is 11.1 Å². The molecule has 2 aromatic carbocycles. The van der Waals surface area contributed by atoms with Gasteiger partial charge in [-0.05, 0) is 86.9 Å². The van der Waals surface area contributed by atoms with Gasteiger partial charge in [-0.3, -0.25) is 4.79 Å². The van der Waals surface area contributed by atoms with Crippen molar-refractivity contribution in [2.75, 3.05) is 13.7 Å². The monoisotopic (exact) mass is 544 g/mol. The van der Waals surface area contributed by atoms with Crippen molar-refractivity contribution in [1.29, 1.82) is 0 Å². The minimum atomic E-state index is -0.384. The van der Waals surface area contributed by atoms with Crippen molar-refractivity contribution in [3.05, 3.63) is 70.4 Å². The normalized spacial score (nSPS) is 18.2. The Labute approximate surface area is 234 Å². The second kappa shape index (κ2) is 10.9. The zero-order chi connectivity index (χ0) is 28.6. The fourth-order valence-corrected chi connectivity index (χ4v) is 5.48. The van der Waals surface area contributed by atoms with Crippen molar-refractivity contribution in [2.24, 2.45) is 5.92 Å². The fourth-order valence-electron chi connectivity index (χ4n) is 5.48. The number of benzene rings is 2. The van der Waals surface area contributed by atoms with E-state index in [1.807, 2.05) is 43.9 Å². The predicted molar refractivity (Wildman–Crippen MR) is 149 cm³/mol. The molecule has 0 bridgehead atoms. The van der Waals surface area contributed by atoms with E-state index in [4.69, 9.17) is 9.26 Å². The number of ketones is 1. The Balaban J connectivity index is 1.40. The Morgan fingerprint density at radius 2 is 1.95 bits per heavy atom. The number of aryl methyl sites for hydroxylation is 2. The van der Waals surface area contributed by atoms with E-state index in [2.05, 4.69) is 27.6 Å². The summed E-state index contributed by atoms with van der Waals surface area (Å²) in [6.07, 6.45) is 2.42. The van der Waals surface area contributed by atoms with Gasteiger partial charge in [-0.15, -0.1) is 0 Å². The third-order valence-electron chi connectivity index (χ3n) is 7.58. The Kier molecular flexibility index (Phi) is 7.49. The predicted octanol–water partition coefficient (Wildman–Crippen LogP) is 5.00. The molecular weight excluding hydrogens is 508 g/mol. The van der Waals surface area contributed by atoms with Gasteiger partial charge in [0.15, 0.2) is 5.82 Å². The second-order valence-electron chi connectivity index (χ2n) is 11.7. The summed E-state index contributed by atoms with van der Waals surface area (Å²) < 4.78 is 10.2. The van der Waals surface area contributed by atoms with Crippen molar-refractivity contribution in [3.63, 3.8) is 0 Å². The number of methoxy groups -OCH3 is 1. The Morgan fingerprint density at radius 3 is 2.65 bits per heavy atom. The van der Waals surface area contributed by atoms with Crippen molar-refractivity contribution < 1.29 is 23.6 Å². The third kappa shape index (κ3) is 5.93. The van der Waals surface area contributed by atoms with Gasteiger partial charge in [-0.1, -0.05) is 29.4 Å². The molecule has 2 aliphatic rings. The van der Waals surface area contributed by atoms with E-state index < -0.39 is 0 Å². The first-order valence-electron chi connectivity index (χ1n) is 13.8. The SMILES string of the molecule is COC(=O)c1cccc(-c2ccc(CCC(=O)C3CC3c3nc(C)no3)c3c2CCN(C(=O)NC(C)(C)C)C3)c1. The molecule has 2 unspecified atom stereocenters. The first-order valence-corrected chi connectivity index (χ1v) is 13.8. The molecule has 40 heavy (non-hydrogen) atoms. The number of hydrogen-bond acceptors (Lipinski definition) is 7. The molecule has 1 aliphatic heterocycles. The van der Waals surface area contributed by atoms with E-state index in [1.165, 1.54) is 7.11 Å². The molecule has 3 aromatic rings. The van der Waals surface area contributed by atoms with E-state index >= 15 is 0 Å². The number of hydrogen-bond donors (Lipinski definition) is 1. The molecule has 5 rings (SSSR count). The molecule has 0 spiro atoms. The maximum atomic E-state index is 13.1. The summed E-state index contributed by atoms with van der Waals surface area (Å²) in [7, 11) is 1.37. The van der Waals surface area contributed by atoms with E-state index in [0.29, 0.717) is 49.6 Å². The molecule has 2 atom stereocenters. The van der Waals surface area contributed by atoms with Crippen LogP contribution in [0.1, 0.15) is 78.3 Å². The summed E-state index contributed by atoms with van der Waals surface area (Å²) >= 11 is 0. The summed E-state index contributed by atoms with van der Waals surface area (Å²) in [5.74, 6) is 0.880. The van der Waals surface area contributed by atoms with Crippen LogP contribution in [-0.4, -0.2) is 52.0 Å². The van der Waals surface area contributed by atoms with E-state index in [1.54, 1.807) is 13.0 Å². The Hall–Kier alpha value is -4.01. The molecule has 1 fully saturated rings. The number of nitrogens with zero attached hydrogens (tertiary/aromatic N) is 3. The maximum absolute atomic E-state index is 13.1. The summed E-state index contributed by atoms with van der Waals surface area (Å²) in [5.41, 5.74) is 5.38. The number of aromatic nitrogens is 2. The van der Waals surface area contributed by atoms with Gasteiger partial charge in [-0.2, -0.15) is 4.98 Å². The van der Waals surface area contributed by atoms with Crippen molar-refractivity contribution in [2.45, 2.75) is 71.4 Å². The summed E-state index contributed by atoms with van der Waals surface area (Å²) in [6.45, 7) is 8.70. The third-order valence-corrected chi connectivity index (χ3v) is 7.58. The fraction of sp³-hybridized carbons (Fsp3) is 0.452. The molecule has 210 valence electrons. The van der Waals surface area contributed by atoms with Crippen molar-refractivity contribution in [1.82, 2.24) is 20.4 Å². The molecule has 1 N–H and O–H groups in total. The lowest BCUT2D eigenvalue weighted by Gasteiger charge is -2.34. The number of fused-ring (bicyclic) bond motifs is 1. The average Bonchev–Trinajstić information content (AvgIpc) is 3.62. The number of ether oxygens (including phenoxy) is 1. The van der Waals surface area contributed by atoms with Gasteiger partial charge < -0.3 is 19.5 Å². The van der Waals surface area contributed by atoms with Crippen LogP contribution in [0.15, 0.2) is 40.9 Å². The number of rotatable bonds is 7. The summed E-state index contributed by atoms with van der Waals surface area (Å²) in [6, 6.07) is 11.4. The van der Waals surface area contributed by atoms with Crippen LogP contribution in [0.5, 0.6) is 0 Å². The standard InChI is InChI=1S/C31H36N4O5/c1-18-32-28(40-34-18)25-16-24(25)27(36)12-10-19-9-11-22(20-7-6-8-21(15-20)29(37)39-5)23-13-14-35(17-26(19)23)30(38)33-31(2,3)4/h6-9,11,15,24-25H,10,12-14,16-17H2,1-5H3,(H,33,38). The lowest BCUT2D eigenvalue weighted by atomic mass is 9.85. The highest BCUT2D eigenvalue weighted by molar-refractivity contribution is 5.91. The highest BCUT2D eigenvalue weighted by Gasteiger charge is 2.47. The maximum Gasteiger partial charge on any atom is 0.337 e. The molecule has 0 radical (unpaired) electrons. The van der Waals surface area contributed by atoms with Crippen LogP contribution in [-0.2, 0) is 28.9 Å². The van der Waals surface area contributed by atoms with Gasteiger partial charge >= 0.3 is 12.0 Å². The highest BCUT2D eigenvalue weighted by Crippen LogP contribution is 2.48. The Morgan fingerprint density at radius 1 is 1.15 bits per heavy atom. The number of urea groups is 1. The van der Waals surface area contributed by atoms with Gasteiger partial charge in [0.2, 0.25) is 5.89 Å². The first-order chi connectivity index (χ1) is 19.0. The number of esters is 1. The van der Waals surface area contributed by atoms with Crippen LogP contribution >= 0.6 is 0 Å². The summed E-state index contributed by atoms with van der Waals surface area (Å²) in [5, 5.41) is 6.92. The first kappa shape index (κ1) is 27.6. The van der Waals surface area contributed by atoms with Crippen LogP contribution in [0.3, 0.4) is 0 Å². The topological polar surface area (TPSA) is 115 Å². The molecule has 1 saturated carbocycles. The molecule has 2 amide bonds. The number of nitrogens with one attached hydrogen (secondary N) is 1. The zero-order valence-corrected chi connectivity index (χ0v) is 23.7. The van der Waals surface area contributed by atoms with Gasteiger partial charge in [0.25, 0.3) is 0 Å². The van der Waals surface area contributed by atoms with Crippen LogP contribution < -0.4 is 5.32 Å². The molecular formula is C31H36N4O5. The van der Waals surface area contributed by atoms with Crippen LogP contribution in [0, 0.1) is 12.8 Å². The van der Waals surface area contributed by atoms with Crippen LogP contribution in [0.2, 0.25) is 0 Å². The molecule has 1 aliphatic carbocycles. The lowest BCUT2D eigenvalue weighted by Crippen LogP contribution is -2.50. The van der Waals surface area contributed by atoms with Gasteiger partial charge in [-0.25, -0.2) is 9.59 Å². The van der Waals surface area contributed by atoms with Gasteiger partial charge in [0.1, 0.15) is 5.78 Å². The largest absolute Gasteiger partial charge is 0.465 e. The summed E-state index contributed by atoms with van der Waals surface area (Å²) in [4.78, 5) is 44.4. The number of carbonyl (C=O) groups is 3. The molecule has 0 saturated heterocycles. The second-order valence-corrected chi connectivity index (χ2v) is 11.7. The smallest absolute Gasteiger partial charge is 0.337 e. The van der Waals surface area contributed by atoms with Crippen LogP contribution in [0.4, 0.5) is 4.79 Å². The van der Waals surface area contributed by atoms with Crippen molar-refractivity contribution in [3.8, 4) is 11.1 Å². The van der Waals surface area contributed by atoms with Gasteiger partial charge in [0.05, 0.1) is 12.7 Å². The lowest BCUT2D eigenvalue weighted by molar-refractivity contribution is -0.120. The van der Waals surface area contributed by atoms with E-state index in [-0.39, 0.29) is 35.2 Å². The molecule has 1 aromatic heterocycles. The number of amides is 2. The minimum absolute atomic E-state index is 0.0173. The van der Waals surface area contributed by atoms with Gasteiger partial charge in [0, 0.05) is 36.9 Å². The Bertz CT molecular complexity index is 1450. The highest BCUT2D eigenvalue weighted by atomic mass is 16.5. The number of carbonyl (C=O) groups excluding carboxylic acids is 3. The molecule has 9 nitrogen and oxygen atoms in total. The van der Waals surface area contributed by atoms with E-state index in [0.717, 1.165) is 34.2 Å². The van der Waals surface area contributed by atoms with Crippen molar-refractivity contribution >= 4 is 17.8 Å². The van der Waals surface area contributed by atoms with E-state index in [9.17, 15) is 14.4 Å². The zero-order valence-electron chi connectivity index (χ0n) is 23.7. The quantitative estimate of drug-likeness (QED) is 0.416. The minimum Gasteiger partial charge on any atom is -0.465 e. The number of Topliss-reactive ketones (excluding diaryl/α,β-unsaturated/α-hetero) is 1. The molecule has 9 heteroatoms. The molecule has 2 heterocycles. The average molecular weight is 545 g/mol.